The number of anilines is 1. The van der Waals surface area contributed by atoms with Crippen molar-refractivity contribution in [3.63, 3.8) is 0 Å². The largest absolute Gasteiger partial charge is 0.481 e. The van der Waals surface area contributed by atoms with Gasteiger partial charge in [0.05, 0.1) is 5.92 Å². The van der Waals surface area contributed by atoms with E-state index in [0.717, 1.165) is 0 Å². The zero-order valence-electron chi connectivity index (χ0n) is 14.3. The number of carboxylic acid groups (broad SMARTS) is 1. The molecule has 2 aromatic rings. The predicted octanol–water partition coefficient (Wildman–Crippen LogP) is 4.06. The Morgan fingerprint density at radius 2 is 1.88 bits per heavy atom. The Balaban J connectivity index is 1.97. The summed E-state index contributed by atoms with van der Waals surface area (Å²) in [4.78, 5) is 23.2. The lowest BCUT2D eigenvalue weighted by Crippen LogP contribution is -2.13. The molecule has 24 heavy (non-hydrogen) atoms. The van der Waals surface area contributed by atoms with Crippen molar-refractivity contribution < 1.29 is 14.7 Å². The number of aryl methyl sites for hydroxylation is 3. The third-order valence-electron chi connectivity index (χ3n) is 4.16. The van der Waals surface area contributed by atoms with Gasteiger partial charge in [-0.15, -0.1) is 0 Å². The van der Waals surface area contributed by atoms with Gasteiger partial charge < -0.3 is 10.4 Å². The highest BCUT2D eigenvalue weighted by molar-refractivity contribution is 5.91. The number of amides is 1. The molecule has 2 aromatic carbocycles. The Morgan fingerprint density at radius 3 is 2.54 bits per heavy atom. The number of aliphatic carboxylic acids is 1. The SMILES string of the molecule is Cc1ccc(CCC(=O)Nc2cccc(C(C)C(=O)O)c2)c(C)c1. The molecular weight excluding hydrogens is 302 g/mol. The minimum Gasteiger partial charge on any atom is -0.481 e. The molecule has 0 spiro atoms. The second-order valence-corrected chi connectivity index (χ2v) is 6.16. The van der Waals surface area contributed by atoms with Crippen LogP contribution in [0.25, 0.3) is 0 Å². The molecule has 0 saturated heterocycles. The van der Waals surface area contributed by atoms with E-state index in [1.54, 1.807) is 31.2 Å². The van der Waals surface area contributed by atoms with E-state index in [1.807, 2.05) is 0 Å². The van der Waals surface area contributed by atoms with E-state index >= 15 is 0 Å². The molecule has 0 aliphatic carbocycles. The first-order valence-corrected chi connectivity index (χ1v) is 8.05. The second-order valence-electron chi connectivity index (χ2n) is 6.16. The lowest BCUT2D eigenvalue weighted by atomic mass is 10.0. The summed E-state index contributed by atoms with van der Waals surface area (Å²) in [5.41, 5.74) is 4.88. The van der Waals surface area contributed by atoms with E-state index in [4.69, 9.17) is 5.11 Å². The molecular formula is C20H23NO3. The Labute approximate surface area is 142 Å². The van der Waals surface area contributed by atoms with Gasteiger partial charge in [-0.1, -0.05) is 35.9 Å². The Bertz CT molecular complexity index is 752. The summed E-state index contributed by atoms with van der Waals surface area (Å²) in [6.07, 6.45) is 1.08. The summed E-state index contributed by atoms with van der Waals surface area (Å²) in [5.74, 6) is -1.56. The fraction of sp³-hybridized carbons (Fsp3) is 0.300. The van der Waals surface area contributed by atoms with Crippen LogP contribution in [0.5, 0.6) is 0 Å². The van der Waals surface area contributed by atoms with E-state index in [2.05, 4.69) is 37.4 Å². The maximum atomic E-state index is 12.2. The number of hydrogen-bond acceptors (Lipinski definition) is 2. The third kappa shape index (κ3) is 4.69. The van der Waals surface area contributed by atoms with Crippen molar-refractivity contribution in [2.75, 3.05) is 5.32 Å². The Hall–Kier alpha value is -2.62. The number of carboxylic acids is 1. The fourth-order valence-corrected chi connectivity index (χ4v) is 2.63. The Morgan fingerprint density at radius 1 is 1.12 bits per heavy atom. The van der Waals surface area contributed by atoms with Crippen molar-refractivity contribution in [2.45, 2.75) is 39.5 Å². The average Bonchev–Trinajstić information content (AvgIpc) is 2.53. The van der Waals surface area contributed by atoms with Gasteiger partial charge in [-0.3, -0.25) is 9.59 Å². The monoisotopic (exact) mass is 325 g/mol. The summed E-state index contributed by atoms with van der Waals surface area (Å²) in [5, 5.41) is 11.9. The maximum absolute atomic E-state index is 12.2. The molecule has 0 bridgehead atoms. The number of benzene rings is 2. The molecule has 4 heteroatoms. The summed E-state index contributed by atoms with van der Waals surface area (Å²) < 4.78 is 0. The van der Waals surface area contributed by atoms with Crippen LogP contribution in [-0.4, -0.2) is 17.0 Å². The molecule has 126 valence electrons. The first kappa shape index (κ1) is 17.7. The van der Waals surface area contributed by atoms with Gasteiger partial charge in [0.2, 0.25) is 5.91 Å². The van der Waals surface area contributed by atoms with Crippen molar-refractivity contribution in [3.05, 3.63) is 64.7 Å². The van der Waals surface area contributed by atoms with Crippen LogP contribution in [0.2, 0.25) is 0 Å². The molecule has 0 fully saturated rings. The zero-order chi connectivity index (χ0) is 17.7. The van der Waals surface area contributed by atoms with Gasteiger partial charge in [0.1, 0.15) is 0 Å². The van der Waals surface area contributed by atoms with Crippen LogP contribution < -0.4 is 5.32 Å². The molecule has 2 rings (SSSR count). The van der Waals surface area contributed by atoms with Gasteiger partial charge in [0, 0.05) is 12.1 Å². The van der Waals surface area contributed by atoms with Gasteiger partial charge in [-0.05, 0) is 56.0 Å². The molecule has 2 N–H and O–H groups in total. The fourth-order valence-electron chi connectivity index (χ4n) is 2.63. The summed E-state index contributed by atoms with van der Waals surface area (Å²) in [6.45, 7) is 5.73. The van der Waals surface area contributed by atoms with Crippen LogP contribution in [-0.2, 0) is 16.0 Å². The maximum Gasteiger partial charge on any atom is 0.310 e. The normalized spacial score (nSPS) is 11.8. The van der Waals surface area contributed by atoms with Crippen LogP contribution in [0.15, 0.2) is 42.5 Å². The first-order chi connectivity index (χ1) is 11.4. The molecule has 1 atom stereocenters. The highest BCUT2D eigenvalue weighted by Gasteiger charge is 2.14. The quantitative estimate of drug-likeness (QED) is 0.841. The smallest absolute Gasteiger partial charge is 0.310 e. The third-order valence-corrected chi connectivity index (χ3v) is 4.16. The number of nitrogens with one attached hydrogen (secondary N) is 1. The number of carbonyl (C=O) groups excluding carboxylic acids is 1. The minimum atomic E-state index is -0.881. The van der Waals surface area contributed by atoms with Gasteiger partial charge in [-0.2, -0.15) is 0 Å². The Kier molecular flexibility index (Phi) is 5.74. The molecule has 0 aliphatic heterocycles. The van der Waals surface area contributed by atoms with Gasteiger partial charge in [0.25, 0.3) is 0 Å². The van der Waals surface area contributed by atoms with E-state index in [-0.39, 0.29) is 5.91 Å². The molecule has 1 amide bonds. The predicted molar refractivity (Wildman–Crippen MR) is 95.4 cm³/mol. The van der Waals surface area contributed by atoms with Crippen LogP contribution in [0.1, 0.15) is 41.5 Å². The summed E-state index contributed by atoms with van der Waals surface area (Å²) >= 11 is 0. The molecule has 0 saturated carbocycles. The van der Waals surface area contributed by atoms with Crippen molar-refractivity contribution in [3.8, 4) is 0 Å². The number of hydrogen-bond donors (Lipinski definition) is 2. The van der Waals surface area contributed by atoms with Crippen LogP contribution in [0.3, 0.4) is 0 Å². The highest BCUT2D eigenvalue weighted by atomic mass is 16.4. The van der Waals surface area contributed by atoms with Crippen LogP contribution in [0.4, 0.5) is 5.69 Å². The van der Waals surface area contributed by atoms with E-state index in [1.165, 1.54) is 16.7 Å². The van der Waals surface area contributed by atoms with Crippen molar-refractivity contribution in [1.29, 1.82) is 0 Å². The molecule has 0 aliphatic rings. The van der Waals surface area contributed by atoms with E-state index in [9.17, 15) is 9.59 Å². The lowest BCUT2D eigenvalue weighted by Gasteiger charge is -2.11. The van der Waals surface area contributed by atoms with Crippen molar-refractivity contribution in [1.82, 2.24) is 0 Å². The summed E-state index contributed by atoms with van der Waals surface area (Å²) in [7, 11) is 0. The number of rotatable bonds is 6. The van der Waals surface area contributed by atoms with Crippen molar-refractivity contribution >= 4 is 17.6 Å². The molecule has 0 radical (unpaired) electrons. The molecule has 0 heterocycles. The lowest BCUT2D eigenvalue weighted by molar-refractivity contribution is -0.138. The topological polar surface area (TPSA) is 66.4 Å². The first-order valence-electron chi connectivity index (χ1n) is 8.05. The second kappa shape index (κ2) is 7.77. The van der Waals surface area contributed by atoms with Gasteiger partial charge >= 0.3 is 5.97 Å². The molecule has 1 unspecified atom stereocenters. The van der Waals surface area contributed by atoms with Gasteiger partial charge in [0.15, 0.2) is 0 Å². The standard InChI is InChI=1S/C20H23NO3/c1-13-7-8-16(14(2)11-13)9-10-19(22)21-18-6-4-5-17(12-18)15(3)20(23)24/h4-8,11-12,15H,9-10H2,1-3H3,(H,21,22)(H,23,24). The molecule has 0 aromatic heterocycles. The number of carbonyl (C=O) groups is 2. The summed E-state index contributed by atoms with van der Waals surface area (Å²) in [6, 6.07) is 13.2. The zero-order valence-corrected chi connectivity index (χ0v) is 14.3. The highest BCUT2D eigenvalue weighted by Crippen LogP contribution is 2.20. The van der Waals surface area contributed by atoms with Crippen LogP contribution in [0, 0.1) is 13.8 Å². The van der Waals surface area contributed by atoms with E-state index < -0.39 is 11.9 Å². The van der Waals surface area contributed by atoms with Crippen LogP contribution >= 0.6 is 0 Å². The van der Waals surface area contributed by atoms with Crippen molar-refractivity contribution in [2.24, 2.45) is 0 Å². The minimum absolute atomic E-state index is 0.0740. The van der Waals surface area contributed by atoms with Gasteiger partial charge in [-0.25, -0.2) is 0 Å². The average molecular weight is 325 g/mol. The molecule has 4 nitrogen and oxygen atoms in total. The van der Waals surface area contributed by atoms with E-state index in [0.29, 0.717) is 24.1 Å².